The van der Waals surface area contributed by atoms with Crippen molar-refractivity contribution in [2.45, 2.75) is 33.2 Å². The Bertz CT molecular complexity index is 1360. The molecule has 3 aromatic carbocycles. The van der Waals surface area contributed by atoms with Crippen molar-refractivity contribution in [3.05, 3.63) is 88.5 Å². The van der Waals surface area contributed by atoms with Crippen molar-refractivity contribution in [2.75, 3.05) is 12.4 Å². The van der Waals surface area contributed by atoms with Crippen LogP contribution in [0.25, 0.3) is 22.0 Å². The van der Waals surface area contributed by atoms with Crippen LogP contribution in [0.5, 0.6) is 5.75 Å². The molecule has 0 aliphatic rings. The molecule has 1 heterocycles. The number of rotatable bonds is 7. The second kappa shape index (κ2) is 9.69. The Balaban J connectivity index is 1.70. The monoisotopic (exact) mass is 441 g/mol. The van der Waals surface area contributed by atoms with E-state index in [1.165, 1.54) is 6.92 Å². The third-order valence-corrected chi connectivity index (χ3v) is 5.52. The molecule has 4 aromatic rings. The summed E-state index contributed by atoms with van der Waals surface area (Å²) in [5, 5.41) is 3.23. The van der Waals surface area contributed by atoms with Gasteiger partial charge in [0.05, 0.1) is 24.6 Å². The Morgan fingerprint density at radius 2 is 1.82 bits per heavy atom. The topological polar surface area (TPSA) is 73.2 Å². The van der Waals surface area contributed by atoms with E-state index in [4.69, 9.17) is 9.72 Å². The highest BCUT2D eigenvalue weighted by Crippen LogP contribution is 2.24. The minimum Gasteiger partial charge on any atom is -0.497 e. The van der Waals surface area contributed by atoms with Crippen LogP contribution in [0.2, 0.25) is 0 Å². The maximum atomic E-state index is 13.4. The van der Waals surface area contributed by atoms with E-state index in [-0.39, 0.29) is 11.5 Å². The molecule has 1 N–H and O–H groups in total. The molecule has 0 saturated heterocycles. The predicted octanol–water partition coefficient (Wildman–Crippen LogP) is 5.03. The maximum absolute atomic E-state index is 13.4. The van der Waals surface area contributed by atoms with Crippen LogP contribution in [0, 0.1) is 0 Å². The summed E-state index contributed by atoms with van der Waals surface area (Å²) in [4.78, 5) is 29.6. The lowest BCUT2D eigenvalue weighted by Gasteiger charge is -2.14. The summed E-state index contributed by atoms with van der Waals surface area (Å²) >= 11 is 0. The molecule has 0 aliphatic heterocycles. The molecule has 33 heavy (non-hydrogen) atoms. The van der Waals surface area contributed by atoms with Gasteiger partial charge in [0.15, 0.2) is 0 Å². The van der Waals surface area contributed by atoms with Gasteiger partial charge >= 0.3 is 0 Å². The van der Waals surface area contributed by atoms with Crippen molar-refractivity contribution >= 4 is 22.5 Å². The lowest BCUT2D eigenvalue weighted by Crippen LogP contribution is -2.26. The zero-order valence-corrected chi connectivity index (χ0v) is 19.1. The van der Waals surface area contributed by atoms with Crippen LogP contribution in [0.15, 0.2) is 71.5 Å². The number of anilines is 1. The number of aryl methyl sites for hydroxylation is 1. The summed E-state index contributed by atoms with van der Waals surface area (Å²) in [6.45, 7) is 3.95. The molecule has 0 atom stereocenters. The molecule has 0 radical (unpaired) electrons. The minimum absolute atomic E-state index is 0.104. The van der Waals surface area contributed by atoms with Crippen molar-refractivity contribution < 1.29 is 9.53 Å². The van der Waals surface area contributed by atoms with E-state index in [0.29, 0.717) is 29.6 Å². The molecule has 168 valence electrons. The molecule has 0 fully saturated rings. The summed E-state index contributed by atoms with van der Waals surface area (Å²) in [6, 6.07) is 21.4. The number of fused-ring (bicyclic) bond motifs is 1. The standard InChI is InChI=1S/C27H27N3O3/c1-4-6-26-29-25-14-13-22(28-18(2)31)16-24(25)27(32)30(26)17-19-9-11-20(12-10-19)21-7-5-8-23(15-21)33-3/h5,7-16H,4,6,17H2,1-3H3,(H,28,31). The maximum Gasteiger partial charge on any atom is 0.261 e. The van der Waals surface area contributed by atoms with Gasteiger partial charge in [-0.2, -0.15) is 0 Å². The largest absolute Gasteiger partial charge is 0.497 e. The third kappa shape index (κ3) is 4.95. The Hall–Kier alpha value is -3.93. The quantitative estimate of drug-likeness (QED) is 0.436. The van der Waals surface area contributed by atoms with Crippen LogP contribution in [0.3, 0.4) is 0 Å². The van der Waals surface area contributed by atoms with E-state index < -0.39 is 0 Å². The number of methoxy groups -OCH3 is 1. The first kappa shape index (κ1) is 22.3. The van der Waals surface area contributed by atoms with Crippen LogP contribution in [0.1, 0.15) is 31.7 Å². The lowest BCUT2D eigenvalue weighted by molar-refractivity contribution is -0.114. The lowest BCUT2D eigenvalue weighted by atomic mass is 10.0. The minimum atomic E-state index is -0.179. The van der Waals surface area contributed by atoms with Gasteiger partial charge in [-0.3, -0.25) is 14.2 Å². The van der Waals surface area contributed by atoms with Gasteiger partial charge in [0, 0.05) is 19.0 Å². The molecule has 4 rings (SSSR count). The van der Waals surface area contributed by atoms with E-state index in [2.05, 4.69) is 24.4 Å². The van der Waals surface area contributed by atoms with Crippen molar-refractivity contribution in [1.82, 2.24) is 9.55 Å². The first-order chi connectivity index (χ1) is 16.0. The van der Waals surface area contributed by atoms with Gasteiger partial charge in [-0.1, -0.05) is 43.3 Å². The number of nitrogens with one attached hydrogen (secondary N) is 1. The van der Waals surface area contributed by atoms with Gasteiger partial charge in [-0.15, -0.1) is 0 Å². The highest BCUT2D eigenvalue weighted by Gasteiger charge is 2.12. The number of aromatic nitrogens is 2. The smallest absolute Gasteiger partial charge is 0.261 e. The van der Waals surface area contributed by atoms with Crippen molar-refractivity contribution in [3.63, 3.8) is 0 Å². The van der Waals surface area contributed by atoms with Gasteiger partial charge in [-0.05, 0) is 53.4 Å². The van der Waals surface area contributed by atoms with Crippen LogP contribution >= 0.6 is 0 Å². The van der Waals surface area contributed by atoms with Crippen molar-refractivity contribution in [1.29, 1.82) is 0 Å². The molecule has 6 heteroatoms. The van der Waals surface area contributed by atoms with E-state index in [0.717, 1.165) is 34.7 Å². The molecule has 0 aliphatic carbocycles. The Morgan fingerprint density at radius 1 is 1.03 bits per heavy atom. The number of ether oxygens (including phenoxy) is 1. The zero-order valence-electron chi connectivity index (χ0n) is 19.1. The van der Waals surface area contributed by atoms with Gasteiger partial charge in [0.2, 0.25) is 5.91 Å². The van der Waals surface area contributed by atoms with Crippen LogP contribution < -0.4 is 15.6 Å². The van der Waals surface area contributed by atoms with E-state index in [1.807, 2.05) is 36.4 Å². The Kier molecular flexibility index (Phi) is 6.54. The molecule has 6 nitrogen and oxygen atoms in total. The van der Waals surface area contributed by atoms with Crippen molar-refractivity contribution in [2.24, 2.45) is 0 Å². The summed E-state index contributed by atoms with van der Waals surface area (Å²) in [6.07, 6.45) is 1.59. The second-order valence-corrected chi connectivity index (χ2v) is 8.01. The van der Waals surface area contributed by atoms with Crippen molar-refractivity contribution in [3.8, 4) is 16.9 Å². The fourth-order valence-corrected chi connectivity index (χ4v) is 3.91. The fourth-order valence-electron chi connectivity index (χ4n) is 3.91. The van der Waals surface area contributed by atoms with Crippen LogP contribution in [-0.2, 0) is 17.8 Å². The molecular weight excluding hydrogens is 414 g/mol. The number of carbonyl (C=O) groups excluding carboxylic acids is 1. The summed E-state index contributed by atoms with van der Waals surface area (Å²) in [5.41, 5.74) is 4.29. The third-order valence-electron chi connectivity index (χ3n) is 5.52. The number of nitrogens with zero attached hydrogens (tertiary/aromatic N) is 2. The summed E-state index contributed by atoms with van der Waals surface area (Å²) < 4.78 is 7.06. The first-order valence-corrected chi connectivity index (χ1v) is 11.0. The summed E-state index contributed by atoms with van der Waals surface area (Å²) in [7, 11) is 1.66. The highest BCUT2D eigenvalue weighted by atomic mass is 16.5. The van der Waals surface area contributed by atoms with E-state index in [9.17, 15) is 9.59 Å². The second-order valence-electron chi connectivity index (χ2n) is 8.01. The van der Waals surface area contributed by atoms with E-state index >= 15 is 0 Å². The van der Waals surface area contributed by atoms with Crippen LogP contribution in [0.4, 0.5) is 5.69 Å². The normalized spacial score (nSPS) is 10.9. The first-order valence-electron chi connectivity index (χ1n) is 11.0. The number of benzene rings is 3. The average molecular weight is 442 g/mol. The number of carbonyl (C=O) groups is 1. The molecule has 0 spiro atoms. The molecule has 1 amide bonds. The Labute approximate surface area is 192 Å². The fraction of sp³-hybridized carbons (Fsp3) is 0.222. The molecule has 1 aromatic heterocycles. The number of hydrogen-bond acceptors (Lipinski definition) is 4. The average Bonchev–Trinajstić information content (AvgIpc) is 2.82. The highest BCUT2D eigenvalue weighted by molar-refractivity contribution is 5.92. The molecule has 0 unspecified atom stereocenters. The SMILES string of the molecule is CCCc1nc2ccc(NC(C)=O)cc2c(=O)n1Cc1ccc(-c2cccc(OC)c2)cc1. The number of amides is 1. The van der Waals surface area contributed by atoms with E-state index in [1.54, 1.807) is 29.9 Å². The molecule has 0 saturated carbocycles. The van der Waals surface area contributed by atoms with Gasteiger partial charge in [0.1, 0.15) is 11.6 Å². The zero-order chi connectivity index (χ0) is 23.4. The predicted molar refractivity (Wildman–Crippen MR) is 132 cm³/mol. The van der Waals surface area contributed by atoms with Gasteiger partial charge in [0.25, 0.3) is 5.56 Å². The van der Waals surface area contributed by atoms with Crippen LogP contribution in [-0.4, -0.2) is 22.6 Å². The molecule has 0 bridgehead atoms. The Morgan fingerprint density at radius 3 is 2.52 bits per heavy atom. The van der Waals surface area contributed by atoms with Gasteiger partial charge in [-0.25, -0.2) is 4.98 Å². The van der Waals surface area contributed by atoms with Gasteiger partial charge < -0.3 is 10.1 Å². The number of hydrogen-bond donors (Lipinski definition) is 1. The summed E-state index contributed by atoms with van der Waals surface area (Å²) in [5.74, 6) is 1.40. The molecular formula is C27H27N3O3.